The van der Waals surface area contributed by atoms with Gasteiger partial charge in [-0.25, -0.2) is 9.82 Å². The lowest BCUT2D eigenvalue weighted by Gasteiger charge is -2.15. The number of nitrogens with two attached hydrogens (primary N) is 1. The van der Waals surface area contributed by atoms with Crippen LogP contribution in [0.25, 0.3) is 11.0 Å². The smallest absolute Gasteiger partial charge is 0.169 e. The van der Waals surface area contributed by atoms with Crippen LogP contribution < -0.4 is 11.3 Å². The highest BCUT2D eigenvalue weighted by Gasteiger charge is 2.20. The van der Waals surface area contributed by atoms with E-state index in [2.05, 4.69) is 21.4 Å². The maximum atomic E-state index is 13.7. The molecule has 2 aromatic carbocycles. The molecule has 0 bridgehead atoms. The van der Waals surface area contributed by atoms with Crippen LogP contribution in [0.1, 0.15) is 17.4 Å². The molecule has 1 aromatic heterocycles. The maximum Gasteiger partial charge on any atom is 0.169 e. The molecule has 0 spiro atoms. The lowest BCUT2D eigenvalue weighted by Crippen LogP contribution is -2.28. The number of furan rings is 1. The van der Waals surface area contributed by atoms with E-state index in [4.69, 9.17) is 21.9 Å². The SMILES string of the molecule is NNC(c1cc2cccc(F)c2o1)c1ccc(Cl)cc1Br. The normalized spacial score (nSPS) is 12.8. The van der Waals surface area contributed by atoms with Crippen molar-refractivity contribution in [3.8, 4) is 0 Å². The van der Waals surface area contributed by atoms with Crippen molar-refractivity contribution in [3.05, 3.63) is 69.1 Å². The van der Waals surface area contributed by atoms with Gasteiger partial charge in [-0.1, -0.05) is 45.7 Å². The van der Waals surface area contributed by atoms with Gasteiger partial charge in [-0.05, 0) is 29.8 Å². The van der Waals surface area contributed by atoms with E-state index in [0.29, 0.717) is 16.2 Å². The van der Waals surface area contributed by atoms with Gasteiger partial charge in [-0.3, -0.25) is 5.84 Å². The fraction of sp³-hybridized carbons (Fsp3) is 0.0667. The maximum absolute atomic E-state index is 13.7. The zero-order valence-electron chi connectivity index (χ0n) is 10.7. The van der Waals surface area contributed by atoms with E-state index in [0.717, 1.165) is 10.0 Å². The van der Waals surface area contributed by atoms with Crippen LogP contribution in [0.15, 0.2) is 51.4 Å². The first-order chi connectivity index (χ1) is 10.1. The van der Waals surface area contributed by atoms with Gasteiger partial charge < -0.3 is 4.42 Å². The third-order valence-corrected chi connectivity index (χ3v) is 4.16. The minimum absolute atomic E-state index is 0.220. The van der Waals surface area contributed by atoms with Crippen LogP contribution in [-0.2, 0) is 0 Å². The van der Waals surface area contributed by atoms with Crippen molar-refractivity contribution in [2.45, 2.75) is 6.04 Å². The van der Waals surface area contributed by atoms with Gasteiger partial charge in [0, 0.05) is 14.9 Å². The molecule has 0 fully saturated rings. The second kappa shape index (κ2) is 5.77. The number of nitrogens with one attached hydrogen (secondary N) is 1. The Bertz CT molecular complexity index is 805. The number of halogens is 3. The average molecular weight is 370 g/mol. The quantitative estimate of drug-likeness (QED) is 0.526. The molecule has 0 aliphatic rings. The summed E-state index contributed by atoms with van der Waals surface area (Å²) in [7, 11) is 0. The average Bonchev–Trinajstić information content (AvgIpc) is 2.87. The highest BCUT2D eigenvalue weighted by atomic mass is 79.9. The molecule has 21 heavy (non-hydrogen) atoms. The Kier molecular flexibility index (Phi) is 3.99. The standard InChI is InChI=1S/C15H11BrClFN2O/c16-11-7-9(17)4-5-10(11)14(20-19)13-6-8-2-1-3-12(18)15(8)21-13/h1-7,14,20H,19H2. The summed E-state index contributed by atoms with van der Waals surface area (Å²) in [5.74, 6) is 5.78. The van der Waals surface area contributed by atoms with Gasteiger partial charge in [0.2, 0.25) is 0 Å². The molecule has 1 atom stereocenters. The minimum atomic E-state index is -0.413. The summed E-state index contributed by atoms with van der Waals surface area (Å²) in [5.41, 5.74) is 3.75. The van der Waals surface area contributed by atoms with Crippen LogP contribution in [0.5, 0.6) is 0 Å². The summed E-state index contributed by atoms with van der Waals surface area (Å²) in [6.07, 6.45) is 0. The topological polar surface area (TPSA) is 51.2 Å². The molecule has 0 radical (unpaired) electrons. The van der Waals surface area contributed by atoms with E-state index in [1.807, 2.05) is 6.07 Å². The van der Waals surface area contributed by atoms with E-state index in [1.165, 1.54) is 6.07 Å². The van der Waals surface area contributed by atoms with Crippen molar-refractivity contribution in [2.75, 3.05) is 0 Å². The van der Waals surface area contributed by atoms with Gasteiger partial charge in [0.15, 0.2) is 11.4 Å². The minimum Gasteiger partial charge on any atom is -0.456 e. The third-order valence-electron chi connectivity index (χ3n) is 3.24. The number of fused-ring (bicyclic) bond motifs is 1. The zero-order valence-corrected chi connectivity index (χ0v) is 13.1. The molecule has 0 amide bonds. The second-order valence-corrected chi connectivity index (χ2v) is 5.86. The molecule has 3 N–H and O–H groups in total. The molecule has 1 unspecified atom stereocenters. The summed E-state index contributed by atoms with van der Waals surface area (Å²) in [6.45, 7) is 0. The van der Waals surface area contributed by atoms with Crippen molar-refractivity contribution >= 4 is 38.5 Å². The number of hydrazine groups is 1. The highest BCUT2D eigenvalue weighted by molar-refractivity contribution is 9.10. The Labute approximate surface area is 134 Å². The molecule has 0 aliphatic carbocycles. The molecule has 6 heteroatoms. The van der Waals surface area contributed by atoms with Crippen LogP contribution in [0.2, 0.25) is 5.02 Å². The molecule has 0 saturated heterocycles. The molecular weight excluding hydrogens is 359 g/mol. The molecule has 0 saturated carbocycles. The molecule has 1 heterocycles. The van der Waals surface area contributed by atoms with E-state index < -0.39 is 11.9 Å². The van der Waals surface area contributed by atoms with Gasteiger partial charge in [-0.2, -0.15) is 0 Å². The molecule has 3 rings (SSSR count). The van der Waals surface area contributed by atoms with E-state index >= 15 is 0 Å². The monoisotopic (exact) mass is 368 g/mol. The van der Waals surface area contributed by atoms with Crippen molar-refractivity contribution in [2.24, 2.45) is 5.84 Å². The largest absolute Gasteiger partial charge is 0.456 e. The highest BCUT2D eigenvalue weighted by Crippen LogP contribution is 2.33. The lowest BCUT2D eigenvalue weighted by atomic mass is 10.1. The van der Waals surface area contributed by atoms with E-state index in [9.17, 15) is 4.39 Å². The van der Waals surface area contributed by atoms with Crippen molar-refractivity contribution < 1.29 is 8.81 Å². The van der Waals surface area contributed by atoms with Crippen LogP contribution >= 0.6 is 27.5 Å². The van der Waals surface area contributed by atoms with Gasteiger partial charge in [0.1, 0.15) is 11.8 Å². The summed E-state index contributed by atoms with van der Waals surface area (Å²) in [4.78, 5) is 0. The van der Waals surface area contributed by atoms with Crippen LogP contribution in [0, 0.1) is 5.82 Å². The summed E-state index contributed by atoms with van der Waals surface area (Å²) in [6, 6.07) is 11.5. The first-order valence-corrected chi connectivity index (χ1v) is 7.36. The van der Waals surface area contributed by atoms with E-state index in [-0.39, 0.29) is 5.58 Å². The molecule has 3 aromatic rings. The first-order valence-electron chi connectivity index (χ1n) is 6.19. The molecular formula is C15H11BrClFN2O. The van der Waals surface area contributed by atoms with Crippen LogP contribution in [0.4, 0.5) is 4.39 Å². The number of rotatable bonds is 3. The molecule has 0 aliphatic heterocycles. The number of benzene rings is 2. The van der Waals surface area contributed by atoms with Crippen LogP contribution in [-0.4, -0.2) is 0 Å². The zero-order chi connectivity index (χ0) is 15.0. The lowest BCUT2D eigenvalue weighted by molar-refractivity contribution is 0.464. The van der Waals surface area contributed by atoms with Crippen molar-refractivity contribution in [1.82, 2.24) is 5.43 Å². The number of para-hydroxylation sites is 1. The first kappa shape index (κ1) is 14.5. The Morgan fingerprint density at radius 3 is 2.71 bits per heavy atom. The van der Waals surface area contributed by atoms with Crippen molar-refractivity contribution in [3.63, 3.8) is 0 Å². The van der Waals surface area contributed by atoms with Gasteiger partial charge in [-0.15, -0.1) is 0 Å². The Morgan fingerprint density at radius 2 is 2.05 bits per heavy atom. The predicted octanol–water partition coefficient (Wildman–Crippen LogP) is 4.54. The molecule has 3 nitrogen and oxygen atoms in total. The predicted molar refractivity (Wildman–Crippen MR) is 84.5 cm³/mol. The fourth-order valence-electron chi connectivity index (χ4n) is 2.25. The van der Waals surface area contributed by atoms with Gasteiger partial charge in [0.25, 0.3) is 0 Å². The van der Waals surface area contributed by atoms with Crippen molar-refractivity contribution in [1.29, 1.82) is 0 Å². The summed E-state index contributed by atoms with van der Waals surface area (Å²) >= 11 is 9.39. The second-order valence-electron chi connectivity index (χ2n) is 4.57. The Morgan fingerprint density at radius 1 is 1.24 bits per heavy atom. The molecule has 108 valence electrons. The number of hydrogen-bond acceptors (Lipinski definition) is 3. The van der Waals surface area contributed by atoms with Gasteiger partial charge in [0.05, 0.1) is 0 Å². The van der Waals surface area contributed by atoms with E-state index in [1.54, 1.807) is 30.3 Å². The van der Waals surface area contributed by atoms with Gasteiger partial charge >= 0.3 is 0 Å². The van der Waals surface area contributed by atoms with Crippen LogP contribution in [0.3, 0.4) is 0 Å². The Balaban J connectivity index is 2.11. The fourth-order valence-corrected chi connectivity index (χ4v) is 3.16. The summed E-state index contributed by atoms with van der Waals surface area (Å²) in [5, 5.41) is 1.30. The Hall–Kier alpha value is -1.40. The summed E-state index contributed by atoms with van der Waals surface area (Å²) < 4.78 is 20.1. The number of hydrogen-bond donors (Lipinski definition) is 2. The third kappa shape index (κ3) is 2.70.